The molecule has 17 heavy (non-hydrogen) atoms. The van der Waals surface area contributed by atoms with Crippen molar-refractivity contribution in [3.63, 3.8) is 0 Å². The van der Waals surface area contributed by atoms with Crippen LogP contribution in [0.2, 0.25) is 10.0 Å². The number of rotatable bonds is 2. The maximum Gasteiger partial charge on any atom is 0.271 e. The van der Waals surface area contributed by atoms with Gasteiger partial charge in [-0.3, -0.25) is 4.79 Å². The molecule has 1 heterocycles. The van der Waals surface area contributed by atoms with Gasteiger partial charge in [0, 0.05) is 10.7 Å². The fraction of sp³-hybridized carbons (Fsp3) is 0.0909. The summed E-state index contributed by atoms with van der Waals surface area (Å²) in [5, 5.41) is 3.59. The van der Waals surface area contributed by atoms with Crippen LogP contribution in [0.3, 0.4) is 0 Å². The lowest BCUT2D eigenvalue weighted by molar-refractivity contribution is 1.12. The second-order valence-corrected chi connectivity index (χ2v) is 4.27. The van der Waals surface area contributed by atoms with E-state index in [1.807, 2.05) is 19.1 Å². The zero-order chi connectivity index (χ0) is 12.4. The van der Waals surface area contributed by atoms with Crippen LogP contribution in [-0.2, 0) is 0 Å². The van der Waals surface area contributed by atoms with E-state index >= 15 is 0 Å². The van der Waals surface area contributed by atoms with Crippen molar-refractivity contribution < 1.29 is 0 Å². The molecule has 0 atom stereocenters. The molecule has 0 saturated carbocycles. The molecule has 0 aliphatic rings. The number of hydrogen-bond donors (Lipinski definition) is 2. The molecule has 2 rings (SSSR count). The second-order valence-electron chi connectivity index (χ2n) is 3.48. The SMILES string of the molecule is Cc1ccc(Nc2nc[nH]c(=O)c2Cl)cc1Cl. The first-order valence-corrected chi connectivity index (χ1v) is 5.60. The molecule has 0 radical (unpaired) electrons. The van der Waals surface area contributed by atoms with E-state index in [-0.39, 0.29) is 10.6 Å². The number of hydrogen-bond acceptors (Lipinski definition) is 3. The molecule has 0 spiro atoms. The highest BCUT2D eigenvalue weighted by molar-refractivity contribution is 6.33. The van der Waals surface area contributed by atoms with E-state index in [1.54, 1.807) is 6.07 Å². The van der Waals surface area contributed by atoms with Gasteiger partial charge in [0.15, 0.2) is 5.82 Å². The van der Waals surface area contributed by atoms with Crippen molar-refractivity contribution in [3.8, 4) is 0 Å². The van der Waals surface area contributed by atoms with Crippen LogP contribution >= 0.6 is 23.2 Å². The fourth-order valence-corrected chi connectivity index (χ4v) is 1.61. The first kappa shape index (κ1) is 12.0. The van der Waals surface area contributed by atoms with Crippen LogP contribution in [-0.4, -0.2) is 9.97 Å². The van der Waals surface area contributed by atoms with Crippen molar-refractivity contribution in [2.45, 2.75) is 6.92 Å². The summed E-state index contributed by atoms with van der Waals surface area (Å²) in [5.41, 5.74) is 1.31. The van der Waals surface area contributed by atoms with Gasteiger partial charge < -0.3 is 10.3 Å². The number of aryl methyl sites for hydroxylation is 1. The molecular weight excluding hydrogens is 261 g/mol. The van der Waals surface area contributed by atoms with Gasteiger partial charge in [-0.15, -0.1) is 0 Å². The molecule has 6 heteroatoms. The zero-order valence-corrected chi connectivity index (χ0v) is 10.4. The highest BCUT2D eigenvalue weighted by Crippen LogP contribution is 2.24. The smallest absolute Gasteiger partial charge is 0.271 e. The molecular formula is C11H9Cl2N3O. The summed E-state index contributed by atoms with van der Waals surface area (Å²) in [6, 6.07) is 5.45. The Labute approximate surface area is 108 Å². The van der Waals surface area contributed by atoms with Gasteiger partial charge in [0.05, 0.1) is 6.33 Å². The molecule has 1 aromatic heterocycles. The third kappa shape index (κ3) is 2.60. The minimum absolute atomic E-state index is 0.0178. The molecule has 2 N–H and O–H groups in total. The van der Waals surface area contributed by atoms with E-state index in [4.69, 9.17) is 23.2 Å². The van der Waals surface area contributed by atoms with Crippen LogP contribution in [0.4, 0.5) is 11.5 Å². The van der Waals surface area contributed by atoms with Crippen LogP contribution in [0, 0.1) is 6.92 Å². The molecule has 88 valence electrons. The fourth-order valence-electron chi connectivity index (χ4n) is 1.28. The lowest BCUT2D eigenvalue weighted by atomic mass is 10.2. The van der Waals surface area contributed by atoms with Gasteiger partial charge >= 0.3 is 0 Å². The Bertz CT molecular complexity index is 610. The highest BCUT2D eigenvalue weighted by Gasteiger charge is 2.06. The Morgan fingerprint density at radius 2 is 2.12 bits per heavy atom. The summed E-state index contributed by atoms with van der Waals surface area (Å²) >= 11 is 11.8. The van der Waals surface area contributed by atoms with Gasteiger partial charge in [-0.1, -0.05) is 29.3 Å². The number of nitrogens with one attached hydrogen (secondary N) is 2. The average molecular weight is 270 g/mol. The Morgan fingerprint density at radius 3 is 2.82 bits per heavy atom. The Morgan fingerprint density at radius 1 is 1.35 bits per heavy atom. The normalized spacial score (nSPS) is 10.3. The molecule has 0 unspecified atom stereocenters. The summed E-state index contributed by atoms with van der Waals surface area (Å²) < 4.78 is 0. The summed E-state index contributed by atoms with van der Waals surface area (Å²) in [5.74, 6) is 0.301. The van der Waals surface area contributed by atoms with Crippen LogP contribution in [0.15, 0.2) is 29.3 Å². The zero-order valence-electron chi connectivity index (χ0n) is 8.92. The Balaban J connectivity index is 2.35. The first-order valence-electron chi connectivity index (χ1n) is 4.84. The number of nitrogens with zero attached hydrogens (tertiary/aromatic N) is 1. The minimum atomic E-state index is -0.387. The standard InChI is InChI=1S/C11H9Cl2N3O/c1-6-2-3-7(4-8(6)12)16-10-9(13)11(17)15-5-14-10/h2-5H,1H3,(H2,14,15,16,17). The van der Waals surface area contributed by atoms with Crippen molar-refractivity contribution in [2.75, 3.05) is 5.32 Å². The summed E-state index contributed by atoms with van der Waals surface area (Å²) in [7, 11) is 0. The summed E-state index contributed by atoms with van der Waals surface area (Å²) in [4.78, 5) is 17.6. The van der Waals surface area contributed by atoms with Crippen molar-refractivity contribution in [1.82, 2.24) is 9.97 Å². The monoisotopic (exact) mass is 269 g/mol. The lowest BCUT2D eigenvalue weighted by Crippen LogP contribution is -2.09. The van der Waals surface area contributed by atoms with E-state index in [0.717, 1.165) is 11.3 Å². The van der Waals surface area contributed by atoms with Crippen molar-refractivity contribution in [1.29, 1.82) is 0 Å². The van der Waals surface area contributed by atoms with E-state index in [0.29, 0.717) is 10.8 Å². The number of H-pyrrole nitrogens is 1. The largest absolute Gasteiger partial charge is 0.339 e. The van der Waals surface area contributed by atoms with Gasteiger partial charge in [0.2, 0.25) is 0 Å². The topological polar surface area (TPSA) is 57.8 Å². The number of aromatic nitrogens is 2. The summed E-state index contributed by atoms with van der Waals surface area (Å²) in [6.07, 6.45) is 1.28. The molecule has 0 aliphatic carbocycles. The van der Waals surface area contributed by atoms with Crippen LogP contribution in [0.25, 0.3) is 0 Å². The Kier molecular flexibility index (Phi) is 3.36. The van der Waals surface area contributed by atoms with E-state index < -0.39 is 0 Å². The molecule has 0 bridgehead atoms. The average Bonchev–Trinajstić information content (AvgIpc) is 2.30. The van der Waals surface area contributed by atoms with Crippen LogP contribution < -0.4 is 10.9 Å². The highest BCUT2D eigenvalue weighted by atomic mass is 35.5. The van der Waals surface area contributed by atoms with Crippen molar-refractivity contribution in [3.05, 3.63) is 50.5 Å². The molecule has 0 fully saturated rings. The predicted octanol–water partition coefficient (Wildman–Crippen LogP) is 3.13. The maximum absolute atomic E-state index is 11.3. The lowest BCUT2D eigenvalue weighted by Gasteiger charge is -2.07. The van der Waals surface area contributed by atoms with Gasteiger partial charge in [0.25, 0.3) is 5.56 Å². The molecule has 0 saturated heterocycles. The van der Waals surface area contributed by atoms with Gasteiger partial charge in [0.1, 0.15) is 5.02 Å². The number of benzene rings is 1. The quantitative estimate of drug-likeness (QED) is 0.881. The second kappa shape index (κ2) is 4.77. The third-order valence-corrected chi connectivity index (χ3v) is 2.99. The van der Waals surface area contributed by atoms with Crippen molar-refractivity contribution in [2.24, 2.45) is 0 Å². The van der Waals surface area contributed by atoms with Gasteiger partial charge in [-0.25, -0.2) is 4.98 Å². The van der Waals surface area contributed by atoms with Gasteiger partial charge in [-0.2, -0.15) is 0 Å². The number of halogens is 2. The molecule has 0 amide bonds. The summed E-state index contributed by atoms with van der Waals surface area (Å²) in [6.45, 7) is 1.91. The third-order valence-electron chi connectivity index (χ3n) is 2.23. The maximum atomic E-state index is 11.3. The van der Waals surface area contributed by atoms with Crippen molar-refractivity contribution >= 4 is 34.7 Å². The van der Waals surface area contributed by atoms with E-state index in [9.17, 15) is 4.79 Å². The Hall–Kier alpha value is -1.52. The molecule has 2 aromatic rings. The first-order chi connectivity index (χ1) is 8.08. The van der Waals surface area contributed by atoms with E-state index in [1.165, 1.54) is 6.33 Å². The number of aromatic amines is 1. The molecule has 1 aromatic carbocycles. The van der Waals surface area contributed by atoms with E-state index in [2.05, 4.69) is 15.3 Å². The van der Waals surface area contributed by atoms with Gasteiger partial charge in [-0.05, 0) is 24.6 Å². The molecule has 0 aliphatic heterocycles. The number of anilines is 2. The van der Waals surface area contributed by atoms with Crippen LogP contribution in [0.1, 0.15) is 5.56 Å². The molecule has 4 nitrogen and oxygen atoms in total. The van der Waals surface area contributed by atoms with Crippen LogP contribution in [0.5, 0.6) is 0 Å². The minimum Gasteiger partial charge on any atom is -0.339 e. The predicted molar refractivity (Wildman–Crippen MR) is 69.3 cm³/mol.